The van der Waals surface area contributed by atoms with Crippen LogP contribution in [0.3, 0.4) is 0 Å². The van der Waals surface area contributed by atoms with E-state index in [9.17, 15) is 4.79 Å². The molecule has 0 saturated heterocycles. The summed E-state index contributed by atoms with van der Waals surface area (Å²) in [6.45, 7) is 1.90. The lowest BCUT2D eigenvalue weighted by Gasteiger charge is -2.15. The molecule has 0 radical (unpaired) electrons. The van der Waals surface area contributed by atoms with Crippen molar-refractivity contribution in [2.24, 2.45) is 5.92 Å². The first-order valence-electron chi connectivity index (χ1n) is 6.58. The second-order valence-corrected chi connectivity index (χ2v) is 5.14. The van der Waals surface area contributed by atoms with Crippen LogP contribution in [0.1, 0.15) is 31.0 Å². The average Bonchev–Trinajstić information content (AvgIpc) is 3.12. The van der Waals surface area contributed by atoms with Crippen LogP contribution in [-0.2, 0) is 4.79 Å². The van der Waals surface area contributed by atoms with Gasteiger partial charge in [-0.2, -0.15) is 0 Å². The fraction of sp³-hybridized carbons (Fsp3) is 0.462. The molecule has 1 saturated carbocycles. The number of tetrazole rings is 1. The fourth-order valence-electron chi connectivity index (χ4n) is 2.40. The van der Waals surface area contributed by atoms with Crippen LogP contribution in [0.15, 0.2) is 18.3 Å². The topological polar surface area (TPSA) is 93.8 Å². The molecule has 1 aliphatic carbocycles. The van der Waals surface area contributed by atoms with Crippen LogP contribution in [0.4, 0.5) is 0 Å². The van der Waals surface area contributed by atoms with Crippen molar-refractivity contribution in [2.75, 3.05) is 0 Å². The van der Waals surface area contributed by atoms with Crippen molar-refractivity contribution in [1.82, 2.24) is 25.2 Å². The third-order valence-electron chi connectivity index (χ3n) is 3.51. The third kappa shape index (κ3) is 2.52. The normalized spacial score (nSPS) is 16.1. The third-order valence-corrected chi connectivity index (χ3v) is 3.51. The summed E-state index contributed by atoms with van der Waals surface area (Å²) in [7, 11) is 0. The maximum atomic E-state index is 11.0. The first kappa shape index (κ1) is 12.7. The number of rotatable bonds is 5. The zero-order chi connectivity index (χ0) is 14.1. The predicted octanol–water partition coefficient (Wildman–Crippen LogP) is 1.47. The molecule has 7 heteroatoms. The molecule has 0 spiro atoms. The molecular weight excluding hydrogens is 258 g/mol. The van der Waals surface area contributed by atoms with Gasteiger partial charge in [0.05, 0.1) is 12.5 Å². The zero-order valence-corrected chi connectivity index (χ0v) is 11.1. The maximum absolute atomic E-state index is 11.0. The first-order chi connectivity index (χ1) is 9.65. The fourth-order valence-corrected chi connectivity index (χ4v) is 2.40. The van der Waals surface area contributed by atoms with E-state index in [1.54, 1.807) is 10.9 Å². The van der Waals surface area contributed by atoms with E-state index < -0.39 is 5.97 Å². The van der Waals surface area contributed by atoms with Gasteiger partial charge in [0.2, 0.25) is 0 Å². The van der Waals surface area contributed by atoms with Crippen molar-refractivity contribution >= 4 is 5.97 Å². The highest BCUT2D eigenvalue weighted by atomic mass is 16.4. The number of aryl methyl sites for hydroxylation is 1. The van der Waals surface area contributed by atoms with Gasteiger partial charge in [-0.25, -0.2) is 4.68 Å². The minimum Gasteiger partial charge on any atom is -0.481 e. The van der Waals surface area contributed by atoms with Gasteiger partial charge in [-0.15, -0.1) is 5.10 Å². The van der Waals surface area contributed by atoms with Gasteiger partial charge in [-0.3, -0.25) is 9.78 Å². The molecule has 3 rings (SSSR count). The highest BCUT2D eigenvalue weighted by Crippen LogP contribution is 2.42. The number of aromatic nitrogens is 5. The number of carboxylic acid groups (broad SMARTS) is 1. The van der Waals surface area contributed by atoms with E-state index in [-0.39, 0.29) is 12.5 Å². The molecular formula is C13H15N5O2. The van der Waals surface area contributed by atoms with Crippen LogP contribution < -0.4 is 0 Å². The molecule has 0 aromatic carbocycles. The van der Waals surface area contributed by atoms with Crippen LogP contribution in [0, 0.1) is 12.8 Å². The molecule has 1 N–H and O–H groups in total. The molecule has 2 aromatic heterocycles. The van der Waals surface area contributed by atoms with Crippen molar-refractivity contribution in [3.05, 3.63) is 24.0 Å². The van der Waals surface area contributed by atoms with E-state index in [4.69, 9.17) is 5.11 Å². The molecule has 0 aliphatic heterocycles. The number of pyridine rings is 1. The Hall–Kier alpha value is -2.31. The summed E-state index contributed by atoms with van der Waals surface area (Å²) in [5.41, 5.74) is 1.73. The molecule has 1 fully saturated rings. The van der Waals surface area contributed by atoms with Gasteiger partial charge in [0.15, 0.2) is 5.82 Å². The molecule has 1 unspecified atom stereocenters. The van der Waals surface area contributed by atoms with Crippen molar-refractivity contribution in [3.63, 3.8) is 0 Å². The Balaban J connectivity index is 1.98. The van der Waals surface area contributed by atoms with E-state index in [2.05, 4.69) is 20.5 Å². The molecule has 1 aliphatic rings. The summed E-state index contributed by atoms with van der Waals surface area (Å²) < 4.78 is 1.65. The van der Waals surface area contributed by atoms with Gasteiger partial charge in [-0.05, 0) is 48.2 Å². The largest absolute Gasteiger partial charge is 0.481 e. The van der Waals surface area contributed by atoms with Crippen molar-refractivity contribution in [2.45, 2.75) is 32.2 Å². The quantitative estimate of drug-likeness (QED) is 0.886. The first-order valence-corrected chi connectivity index (χ1v) is 6.58. The van der Waals surface area contributed by atoms with Gasteiger partial charge in [0, 0.05) is 17.5 Å². The number of aliphatic carboxylic acids is 1. The Bertz CT molecular complexity index is 635. The predicted molar refractivity (Wildman–Crippen MR) is 69.8 cm³/mol. The van der Waals surface area contributed by atoms with Crippen LogP contribution in [0.5, 0.6) is 0 Å². The van der Waals surface area contributed by atoms with Crippen LogP contribution >= 0.6 is 0 Å². The van der Waals surface area contributed by atoms with E-state index >= 15 is 0 Å². The molecule has 0 bridgehead atoms. The molecule has 2 heterocycles. The maximum Gasteiger partial charge on any atom is 0.305 e. The van der Waals surface area contributed by atoms with Gasteiger partial charge >= 0.3 is 5.97 Å². The van der Waals surface area contributed by atoms with Gasteiger partial charge < -0.3 is 5.11 Å². The van der Waals surface area contributed by atoms with Crippen molar-refractivity contribution in [1.29, 1.82) is 0 Å². The Kier molecular flexibility index (Phi) is 3.17. The highest BCUT2D eigenvalue weighted by molar-refractivity contribution is 5.67. The monoisotopic (exact) mass is 273 g/mol. The molecule has 1 atom stereocenters. The summed E-state index contributed by atoms with van der Waals surface area (Å²) in [5, 5.41) is 20.8. The zero-order valence-electron chi connectivity index (χ0n) is 11.1. The Labute approximate surface area is 115 Å². The van der Waals surface area contributed by atoms with Crippen LogP contribution in [-0.4, -0.2) is 36.3 Å². The summed E-state index contributed by atoms with van der Waals surface area (Å²) in [4.78, 5) is 15.2. The lowest BCUT2D eigenvalue weighted by molar-refractivity contribution is -0.138. The van der Waals surface area contributed by atoms with E-state index in [0.717, 1.165) is 24.1 Å². The standard InChI is InChI=1S/C13H15N5O2/c1-8-6-10(4-5-14-8)13-15-16-17-18(13)11(7-12(19)20)9-2-3-9/h4-6,9,11H,2-3,7H2,1H3,(H,19,20). The highest BCUT2D eigenvalue weighted by Gasteiger charge is 2.36. The summed E-state index contributed by atoms with van der Waals surface area (Å²) in [6, 6.07) is 3.55. The summed E-state index contributed by atoms with van der Waals surface area (Å²) >= 11 is 0. The number of nitrogens with zero attached hydrogens (tertiary/aromatic N) is 5. The van der Waals surface area contributed by atoms with Crippen LogP contribution in [0.25, 0.3) is 11.4 Å². The molecule has 7 nitrogen and oxygen atoms in total. The Morgan fingerprint density at radius 1 is 1.55 bits per heavy atom. The van der Waals surface area contributed by atoms with Crippen molar-refractivity contribution in [3.8, 4) is 11.4 Å². The Morgan fingerprint density at radius 2 is 2.35 bits per heavy atom. The number of carboxylic acids is 1. The molecule has 104 valence electrons. The van der Waals surface area contributed by atoms with E-state index in [1.807, 2.05) is 19.1 Å². The Morgan fingerprint density at radius 3 is 3.00 bits per heavy atom. The van der Waals surface area contributed by atoms with E-state index in [0.29, 0.717) is 11.7 Å². The smallest absolute Gasteiger partial charge is 0.305 e. The van der Waals surface area contributed by atoms with Gasteiger partial charge in [0.1, 0.15) is 0 Å². The van der Waals surface area contributed by atoms with Gasteiger partial charge in [-0.1, -0.05) is 0 Å². The SMILES string of the molecule is Cc1cc(-c2nnnn2C(CC(=O)O)C2CC2)ccn1. The lowest BCUT2D eigenvalue weighted by Crippen LogP contribution is -2.18. The minimum absolute atomic E-state index is 0.0484. The molecule has 2 aromatic rings. The summed E-state index contributed by atoms with van der Waals surface area (Å²) in [5.74, 6) is 0.138. The van der Waals surface area contributed by atoms with Crippen LogP contribution in [0.2, 0.25) is 0 Å². The second-order valence-electron chi connectivity index (χ2n) is 5.14. The molecule has 20 heavy (non-hydrogen) atoms. The van der Waals surface area contributed by atoms with Crippen molar-refractivity contribution < 1.29 is 9.90 Å². The number of hydrogen-bond donors (Lipinski definition) is 1. The number of hydrogen-bond acceptors (Lipinski definition) is 5. The number of carbonyl (C=O) groups is 1. The average molecular weight is 273 g/mol. The molecule has 0 amide bonds. The minimum atomic E-state index is -0.825. The lowest BCUT2D eigenvalue weighted by atomic mass is 10.1. The second kappa shape index (κ2) is 4.99. The summed E-state index contributed by atoms with van der Waals surface area (Å²) in [6.07, 6.45) is 3.82. The van der Waals surface area contributed by atoms with Gasteiger partial charge in [0.25, 0.3) is 0 Å². The van der Waals surface area contributed by atoms with E-state index in [1.165, 1.54) is 0 Å².